The zero-order valence-corrected chi connectivity index (χ0v) is 12.1. The summed E-state index contributed by atoms with van der Waals surface area (Å²) in [5.74, 6) is 0.338. The van der Waals surface area contributed by atoms with Crippen LogP contribution in [-0.2, 0) is 4.74 Å². The van der Waals surface area contributed by atoms with Crippen molar-refractivity contribution in [2.45, 2.75) is 30.7 Å². The van der Waals surface area contributed by atoms with E-state index in [0.717, 1.165) is 5.52 Å². The highest BCUT2D eigenvalue weighted by molar-refractivity contribution is 6.36. The highest BCUT2D eigenvalue weighted by Crippen LogP contribution is 2.34. The first kappa shape index (κ1) is 15.5. The van der Waals surface area contributed by atoms with Crippen LogP contribution in [0.4, 0.5) is 0 Å². The lowest BCUT2D eigenvalue weighted by molar-refractivity contribution is -0.277. The smallest absolute Gasteiger partial charge is 0.229 e. The van der Waals surface area contributed by atoms with E-state index in [4.69, 9.17) is 26.2 Å². The van der Waals surface area contributed by atoms with E-state index in [-0.39, 0.29) is 0 Å². The van der Waals surface area contributed by atoms with Crippen LogP contribution in [0, 0.1) is 0 Å². The lowest BCUT2D eigenvalue weighted by Crippen LogP contribution is -2.60. The van der Waals surface area contributed by atoms with Gasteiger partial charge in [-0.05, 0) is 12.1 Å². The van der Waals surface area contributed by atoms with Crippen LogP contribution in [0.2, 0.25) is 5.02 Å². The van der Waals surface area contributed by atoms with Gasteiger partial charge in [-0.1, -0.05) is 17.7 Å². The number of hydrogen-bond donors (Lipinski definition) is 5. The molecule has 7 nitrogen and oxygen atoms in total. The van der Waals surface area contributed by atoms with Gasteiger partial charge in [-0.25, -0.2) is 0 Å². The summed E-state index contributed by atoms with van der Waals surface area (Å²) >= 11 is 6.13. The molecule has 5 atom stereocenters. The molecule has 1 aromatic carbocycles. The first-order chi connectivity index (χ1) is 10.5. The van der Waals surface area contributed by atoms with Crippen LogP contribution in [0.25, 0.3) is 10.9 Å². The maximum absolute atomic E-state index is 9.98. The molecule has 2 heterocycles. The molecule has 1 unspecified atom stereocenters. The lowest BCUT2D eigenvalue weighted by Gasteiger charge is -2.39. The Kier molecular flexibility index (Phi) is 4.26. The van der Waals surface area contributed by atoms with Crippen molar-refractivity contribution in [1.82, 2.24) is 4.98 Å². The topological polar surface area (TPSA) is 115 Å². The average Bonchev–Trinajstić information content (AvgIpc) is 2.92. The van der Waals surface area contributed by atoms with Gasteiger partial charge in [0.25, 0.3) is 0 Å². The number of aliphatic hydroxyl groups excluding tert-OH is 4. The van der Waals surface area contributed by atoms with Crippen molar-refractivity contribution >= 4 is 22.5 Å². The second-order valence-electron chi connectivity index (χ2n) is 5.13. The molecule has 1 fully saturated rings. The van der Waals surface area contributed by atoms with Crippen LogP contribution in [0.5, 0.6) is 5.75 Å². The molecule has 8 heteroatoms. The number of hydrogen-bond acceptors (Lipinski definition) is 6. The summed E-state index contributed by atoms with van der Waals surface area (Å²) in [6, 6.07) is 5.28. The zero-order chi connectivity index (χ0) is 15.9. The number of aromatic amines is 1. The van der Waals surface area contributed by atoms with Crippen LogP contribution in [0.1, 0.15) is 0 Å². The average molecular weight is 330 g/mol. The maximum atomic E-state index is 9.98. The third-order valence-corrected chi connectivity index (χ3v) is 4.03. The summed E-state index contributed by atoms with van der Waals surface area (Å²) in [4.78, 5) is 2.97. The quantitative estimate of drug-likeness (QED) is 0.541. The predicted molar refractivity (Wildman–Crippen MR) is 77.7 cm³/mol. The van der Waals surface area contributed by atoms with Crippen molar-refractivity contribution in [1.29, 1.82) is 0 Å². The second-order valence-corrected chi connectivity index (χ2v) is 5.54. The van der Waals surface area contributed by atoms with E-state index in [9.17, 15) is 15.3 Å². The maximum Gasteiger partial charge on any atom is 0.229 e. The normalized spacial score (nSPS) is 32.3. The lowest BCUT2D eigenvalue weighted by atomic mass is 9.99. The fourth-order valence-corrected chi connectivity index (χ4v) is 2.76. The Morgan fingerprint density at radius 1 is 1.18 bits per heavy atom. The molecule has 22 heavy (non-hydrogen) atoms. The molecule has 0 saturated carbocycles. The predicted octanol–water partition coefficient (Wildman–Crippen LogP) is -0.000000000000000278. The molecule has 0 aliphatic carbocycles. The molecule has 0 radical (unpaired) electrons. The summed E-state index contributed by atoms with van der Waals surface area (Å²) in [6.45, 7) is -0.514. The van der Waals surface area contributed by atoms with Gasteiger partial charge in [-0.2, -0.15) is 0 Å². The monoisotopic (exact) mass is 329 g/mol. The Morgan fingerprint density at radius 3 is 2.68 bits per heavy atom. The largest absolute Gasteiger partial charge is 0.460 e. The summed E-state index contributed by atoms with van der Waals surface area (Å²) in [5, 5.41) is 39.7. The van der Waals surface area contributed by atoms with Gasteiger partial charge in [0.15, 0.2) is 0 Å². The molecule has 2 aromatic rings. The van der Waals surface area contributed by atoms with Gasteiger partial charge < -0.3 is 34.9 Å². The Balaban J connectivity index is 1.88. The molecule has 1 aliphatic rings. The Labute approximate surface area is 130 Å². The van der Waals surface area contributed by atoms with Crippen LogP contribution >= 0.6 is 11.6 Å². The van der Waals surface area contributed by atoms with E-state index in [0.29, 0.717) is 16.2 Å². The number of benzene rings is 1. The number of nitrogens with one attached hydrogen (secondary N) is 1. The SMILES string of the molecule is OC[C@H]1OC(Oc2c[nH]c3cccc(Cl)c23)[C@H](O)[C@@H](O)[C@@H]1O. The minimum atomic E-state index is -1.49. The van der Waals surface area contributed by atoms with E-state index in [2.05, 4.69) is 4.98 Å². The summed E-state index contributed by atoms with van der Waals surface area (Å²) in [5.41, 5.74) is 0.743. The van der Waals surface area contributed by atoms with Crippen LogP contribution in [0.3, 0.4) is 0 Å². The standard InChI is InChI=1S/C14H16ClNO6/c15-6-2-1-3-7-10(6)8(4-16-7)21-14-13(20)12(19)11(18)9(5-17)22-14/h1-4,9,11-14,16-20H,5H2/t9-,11-,12+,13-,14?/m1/s1. The number of H-pyrrole nitrogens is 1. The fraction of sp³-hybridized carbons (Fsp3) is 0.429. The first-order valence-electron chi connectivity index (χ1n) is 6.75. The highest BCUT2D eigenvalue weighted by atomic mass is 35.5. The number of rotatable bonds is 3. The molecular weight excluding hydrogens is 314 g/mol. The van der Waals surface area contributed by atoms with Crippen molar-refractivity contribution in [2.24, 2.45) is 0 Å². The molecule has 0 amide bonds. The Bertz CT molecular complexity index is 660. The third-order valence-electron chi connectivity index (χ3n) is 3.71. The molecule has 3 rings (SSSR count). The van der Waals surface area contributed by atoms with Crippen molar-refractivity contribution in [3.05, 3.63) is 29.4 Å². The second kappa shape index (κ2) is 6.04. The van der Waals surface area contributed by atoms with Crippen molar-refractivity contribution in [2.75, 3.05) is 6.61 Å². The van der Waals surface area contributed by atoms with Crippen LogP contribution < -0.4 is 4.74 Å². The molecule has 1 aromatic heterocycles. The van der Waals surface area contributed by atoms with Crippen molar-refractivity contribution < 1.29 is 29.9 Å². The molecular formula is C14H16ClNO6. The Morgan fingerprint density at radius 2 is 1.95 bits per heavy atom. The summed E-state index contributed by atoms with van der Waals surface area (Å²) < 4.78 is 10.9. The number of fused-ring (bicyclic) bond motifs is 1. The zero-order valence-electron chi connectivity index (χ0n) is 11.4. The summed E-state index contributed by atoms with van der Waals surface area (Å²) in [6.07, 6.45) is -5.10. The molecule has 1 aliphatic heterocycles. The van der Waals surface area contributed by atoms with Gasteiger partial charge in [-0.15, -0.1) is 0 Å². The molecule has 1 saturated heterocycles. The minimum absolute atomic E-state index is 0.338. The van der Waals surface area contributed by atoms with E-state index in [1.807, 2.05) is 0 Å². The minimum Gasteiger partial charge on any atom is -0.460 e. The summed E-state index contributed by atoms with van der Waals surface area (Å²) in [7, 11) is 0. The third kappa shape index (κ3) is 2.56. The molecule has 0 spiro atoms. The fourth-order valence-electron chi connectivity index (χ4n) is 2.49. The van der Waals surface area contributed by atoms with Gasteiger partial charge in [-0.3, -0.25) is 0 Å². The molecule has 0 bridgehead atoms. The van der Waals surface area contributed by atoms with Gasteiger partial charge in [0, 0.05) is 6.20 Å². The molecule has 5 N–H and O–H groups in total. The number of aromatic nitrogens is 1. The van der Waals surface area contributed by atoms with E-state index < -0.39 is 37.3 Å². The van der Waals surface area contributed by atoms with Gasteiger partial charge in [0.2, 0.25) is 6.29 Å². The van der Waals surface area contributed by atoms with Crippen molar-refractivity contribution in [3.63, 3.8) is 0 Å². The Hall–Kier alpha value is -1.35. The van der Waals surface area contributed by atoms with Crippen molar-refractivity contribution in [3.8, 4) is 5.75 Å². The number of halogens is 1. The van der Waals surface area contributed by atoms with Crippen LogP contribution in [-0.4, -0.2) is 62.7 Å². The number of aliphatic hydroxyl groups is 4. The van der Waals surface area contributed by atoms with Gasteiger partial charge in [0.05, 0.1) is 22.5 Å². The van der Waals surface area contributed by atoms with E-state index >= 15 is 0 Å². The molecule has 120 valence electrons. The van der Waals surface area contributed by atoms with E-state index in [1.165, 1.54) is 0 Å². The van der Waals surface area contributed by atoms with Crippen LogP contribution in [0.15, 0.2) is 24.4 Å². The van der Waals surface area contributed by atoms with Gasteiger partial charge >= 0.3 is 0 Å². The number of ether oxygens (including phenoxy) is 2. The first-order valence-corrected chi connectivity index (χ1v) is 7.13. The highest BCUT2D eigenvalue weighted by Gasteiger charge is 2.44. The van der Waals surface area contributed by atoms with Gasteiger partial charge in [0.1, 0.15) is 30.2 Å². The van der Waals surface area contributed by atoms with E-state index in [1.54, 1.807) is 24.4 Å².